The molecule has 2 N–H and O–H groups in total. The number of hydrogen-bond acceptors (Lipinski definition) is 7. The van der Waals surface area contributed by atoms with E-state index in [9.17, 15) is 9.59 Å². The number of oxazole rings is 1. The van der Waals surface area contributed by atoms with Crippen molar-refractivity contribution in [3.8, 4) is 0 Å². The van der Waals surface area contributed by atoms with Crippen molar-refractivity contribution in [2.75, 3.05) is 5.32 Å². The van der Waals surface area contributed by atoms with Gasteiger partial charge in [0.2, 0.25) is 0 Å². The molecular formula is C14H11N5O3S. The van der Waals surface area contributed by atoms with Crippen LogP contribution in [0.2, 0.25) is 0 Å². The fourth-order valence-corrected chi connectivity index (χ4v) is 2.33. The molecule has 0 aliphatic rings. The summed E-state index contributed by atoms with van der Waals surface area (Å²) < 4.78 is 5.07. The average Bonchev–Trinajstić information content (AvgIpc) is 3.25. The van der Waals surface area contributed by atoms with Crippen molar-refractivity contribution in [2.45, 2.75) is 6.54 Å². The molecule has 0 radical (unpaired) electrons. The summed E-state index contributed by atoms with van der Waals surface area (Å²) in [6.07, 6.45) is 5.34. The minimum Gasteiger partial charge on any atom is -0.431 e. The van der Waals surface area contributed by atoms with Crippen LogP contribution in [-0.2, 0) is 6.54 Å². The molecule has 0 saturated carbocycles. The van der Waals surface area contributed by atoms with Gasteiger partial charge in [0.05, 0.1) is 12.7 Å². The zero-order valence-corrected chi connectivity index (χ0v) is 12.5. The van der Waals surface area contributed by atoms with E-state index in [4.69, 9.17) is 4.42 Å². The first-order valence-electron chi connectivity index (χ1n) is 6.56. The number of thiophene rings is 1. The van der Waals surface area contributed by atoms with Crippen LogP contribution in [0.4, 0.5) is 6.01 Å². The lowest BCUT2D eigenvalue weighted by Crippen LogP contribution is -2.22. The van der Waals surface area contributed by atoms with Gasteiger partial charge in [0.1, 0.15) is 12.0 Å². The standard InChI is InChI=1S/C14H11N5O3S/c20-12(17-6-9-2-1-5-23-9)11-8-22-14(18-11)19-13(21)10-7-15-3-4-16-10/h1-5,7-8H,6H2,(H,17,20)(H,18,19,21). The van der Waals surface area contributed by atoms with Gasteiger partial charge >= 0.3 is 6.01 Å². The highest BCUT2D eigenvalue weighted by Crippen LogP contribution is 2.10. The zero-order chi connectivity index (χ0) is 16.1. The SMILES string of the molecule is O=C(NCc1cccs1)c1coc(NC(=O)c2cnccn2)n1. The second kappa shape index (κ2) is 6.79. The average molecular weight is 329 g/mol. The van der Waals surface area contributed by atoms with E-state index in [-0.39, 0.29) is 23.3 Å². The van der Waals surface area contributed by atoms with E-state index in [0.717, 1.165) is 4.88 Å². The molecular weight excluding hydrogens is 318 g/mol. The van der Waals surface area contributed by atoms with Crippen LogP contribution < -0.4 is 10.6 Å². The van der Waals surface area contributed by atoms with Crippen LogP contribution >= 0.6 is 11.3 Å². The summed E-state index contributed by atoms with van der Waals surface area (Å²) in [4.78, 5) is 36.4. The second-order valence-electron chi connectivity index (χ2n) is 4.34. The molecule has 0 atom stereocenters. The number of carbonyl (C=O) groups is 2. The summed E-state index contributed by atoms with van der Waals surface area (Å²) in [5.41, 5.74) is 0.199. The van der Waals surface area contributed by atoms with Gasteiger partial charge < -0.3 is 9.73 Å². The van der Waals surface area contributed by atoms with Crippen molar-refractivity contribution in [1.29, 1.82) is 0 Å². The molecule has 8 nitrogen and oxygen atoms in total. The summed E-state index contributed by atoms with van der Waals surface area (Å²) in [6.45, 7) is 0.407. The maximum absolute atomic E-state index is 11.9. The van der Waals surface area contributed by atoms with Crippen molar-refractivity contribution >= 4 is 29.2 Å². The lowest BCUT2D eigenvalue weighted by molar-refractivity contribution is 0.0945. The molecule has 0 fully saturated rings. The molecule has 0 spiro atoms. The summed E-state index contributed by atoms with van der Waals surface area (Å²) in [7, 11) is 0. The Balaban J connectivity index is 1.59. The van der Waals surface area contributed by atoms with Gasteiger partial charge in [-0.05, 0) is 11.4 Å². The summed E-state index contributed by atoms with van der Waals surface area (Å²) in [5, 5.41) is 7.05. The summed E-state index contributed by atoms with van der Waals surface area (Å²) >= 11 is 1.54. The molecule has 0 aliphatic carbocycles. The molecule has 116 valence electrons. The zero-order valence-electron chi connectivity index (χ0n) is 11.7. The topological polar surface area (TPSA) is 110 Å². The number of amides is 2. The normalized spacial score (nSPS) is 10.3. The van der Waals surface area contributed by atoms with E-state index in [1.165, 1.54) is 24.9 Å². The fraction of sp³-hybridized carbons (Fsp3) is 0.0714. The molecule has 0 unspecified atom stereocenters. The van der Waals surface area contributed by atoms with Crippen molar-refractivity contribution in [2.24, 2.45) is 0 Å². The third-order valence-corrected chi connectivity index (χ3v) is 3.63. The van der Waals surface area contributed by atoms with E-state index in [0.29, 0.717) is 6.54 Å². The third-order valence-electron chi connectivity index (χ3n) is 2.76. The number of nitrogens with one attached hydrogen (secondary N) is 2. The first-order chi connectivity index (χ1) is 11.2. The molecule has 0 saturated heterocycles. The Labute approximate surface area is 134 Å². The highest BCUT2D eigenvalue weighted by atomic mass is 32.1. The van der Waals surface area contributed by atoms with Crippen LogP contribution in [0.3, 0.4) is 0 Å². The van der Waals surface area contributed by atoms with E-state index in [1.54, 1.807) is 11.3 Å². The molecule has 0 aromatic carbocycles. The van der Waals surface area contributed by atoms with Gasteiger partial charge in [-0.3, -0.25) is 19.9 Å². The van der Waals surface area contributed by atoms with Gasteiger partial charge in [0.25, 0.3) is 11.8 Å². The van der Waals surface area contributed by atoms with Crippen molar-refractivity contribution in [3.63, 3.8) is 0 Å². The largest absolute Gasteiger partial charge is 0.431 e. The van der Waals surface area contributed by atoms with Gasteiger partial charge in [0.15, 0.2) is 5.69 Å². The van der Waals surface area contributed by atoms with Crippen LogP contribution in [0.15, 0.2) is 46.8 Å². The van der Waals surface area contributed by atoms with Gasteiger partial charge in [-0.2, -0.15) is 4.98 Å². The number of aromatic nitrogens is 3. The summed E-state index contributed by atoms with van der Waals surface area (Å²) in [5.74, 6) is -0.910. The predicted octanol–water partition coefficient (Wildman–Crippen LogP) is 1.71. The van der Waals surface area contributed by atoms with Gasteiger partial charge in [-0.1, -0.05) is 6.07 Å². The maximum Gasteiger partial charge on any atom is 0.302 e. The molecule has 3 heterocycles. The fourth-order valence-electron chi connectivity index (χ4n) is 1.68. The molecule has 2 amide bonds. The Morgan fingerprint density at radius 3 is 2.87 bits per heavy atom. The Bertz CT molecular complexity index is 801. The number of nitrogens with zero attached hydrogens (tertiary/aromatic N) is 3. The second-order valence-corrected chi connectivity index (χ2v) is 5.38. The molecule has 3 aromatic rings. The van der Waals surface area contributed by atoms with E-state index in [2.05, 4.69) is 25.6 Å². The Kier molecular flexibility index (Phi) is 4.39. The molecule has 0 aliphatic heterocycles. The summed E-state index contributed by atoms with van der Waals surface area (Å²) in [6, 6.07) is 3.74. The van der Waals surface area contributed by atoms with E-state index in [1.807, 2.05) is 17.5 Å². The van der Waals surface area contributed by atoms with Crippen LogP contribution in [0, 0.1) is 0 Å². The molecule has 3 aromatic heterocycles. The Morgan fingerprint density at radius 2 is 2.13 bits per heavy atom. The van der Waals surface area contributed by atoms with Crippen molar-refractivity contribution in [1.82, 2.24) is 20.3 Å². The van der Waals surface area contributed by atoms with Gasteiger partial charge in [0, 0.05) is 17.3 Å². The minimum atomic E-state index is -0.523. The molecule has 3 rings (SSSR count). The van der Waals surface area contributed by atoms with E-state index >= 15 is 0 Å². The van der Waals surface area contributed by atoms with Crippen LogP contribution in [0.1, 0.15) is 25.9 Å². The van der Waals surface area contributed by atoms with Gasteiger partial charge in [-0.15, -0.1) is 11.3 Å². The lowest BCUT2D eigenvalue weighted by atomic mass is 10.4. The highest BCUT2D eigenvalue weighted by molar-refractivity contribution is 7.09. The minimum absolute atomic E-state index is 0.0796. The molecule has 23 heavy (non-hydrogen) atoms. The number of rotatable bonds is 5. The van der Waals surface area contributed by atoms with Crippen LogP contribution in [0.25, 0.3) is 0 Å². The Morgan fingerprint density at radius 1 is 1.22 bits per heavy atom. The van der Waals surface area contributed by atoms with Gasteiger partial charge in [-0.25, -0.2) is 4.98 Å². The quantitative estimate of drug-likeness (QED) is 0.737. The highest BCUT2D eigenvalue weighted by Gasteiger charge is 2.15. The number of carbonyl (C=O) groups excluding carboxylic acids is 2. The monoisotopic (exact) mass is 329 g/mol. The Hall–Kier alpha value is -3.07. The maximum atomic E-state index is 11.9. The lowest BCUT2D eigenvalue weighted by Gasteiger charge is -2.00. The molecule has 9 heteroatoms. The van der Waals surface area contributed by atoms with Crippen molar-refractivity contribution in [3.05, 3.63) is 58.6 Å². The van der Waals surface area contributed by atoms with E-state index < -0.39 is 5.91 Å². The number of hydrogen-bond donors (Lipinski definition) is 2. The van der Waals surface area contributed by atoms with Crippen LogP contribution in [0.5, 0.6) is 0 Å². The smallest absolute Gasteiger partial charge is 0.302 e. The molecule has 0 bridgehead atoms. The third kappa shape index (κ3) is 3.77. The predicted molar refractivity (Wildman–Crippen MR) is 82.0 cm³/mol. The first kappa shape index (κ1) is 14.9. The number of anilines is 1. The van der Waals surface area contributed by atoms with Crippen molar-refractivity contribution < 1.29 is 14.0 Å². The van der Waals surface area contributed by atoms with Crippen LogP contribution in [-0.4, -0.2) is 26.8 Å². The first-order valence-corrected chi connectivity index (χ1v) is 7.44.